The normalized spacial score (nSPS) is 10.3. The highest BCUT2D eigenvalue weighted by Crippen LogP contribution is 2.12. The summed E-state index contributed by atoms with van der Waals surface area (Å²) in [7, 11) is 0. The van der Waals surface area contributed by atoms with Crippen LogP contribution in [0.4, 0.5) is 0 Å². The number of hydrogen-bond acceptors (Lipinski definition) is 1. The molecule has 1 aromatic rings. The molecular weight excluding hydrogens is 280 g/mol. The van der Waals surface area contributed by atoms with Crippen LogP contribution in [-0.2, 0) is 11.2 Å². The quantitative estimate of drug-likeness (QED) is 0.738. The molecule has 5 heteroatoms. The second-order valence-corrected chi connectivity index (χ2v) is 4.76. The van der Waals surface area contributed by atoms with Crippen molar-refractivity contribution in [2.45, 2.75) is 6.42 Å². The molecule has 0 unspecified atom stereocenters. The lowest BCUT2D eigenvalue weighted by atomic mass is 10.1. The van der Waals surface area contributed by atoms with Crippen LogP contribution >= 0.6 is 34.8 Å². The predicted molar refractivity (Wildman–Crippen MR) is 73.2 cm³/mol. The monoisotopic (exact) mass is 293 g/mol. The van der Waals surface area contributed by atoms with Gasteiger partial charge in [0.15, 0.2) is 0 Å². The van der Waals surface area contributed by atoms with Gasteiger partial charge < -0.3 is 4.90 Å². The predicted octanol–water partition coefficient (Wildman–Crippen LogP) is 3.19. The van der Waals surface area contributed by atoms with Gasteiger partial charge in [0, 0.05) is 29.9 Å². The lowest BCUT2D eigenvalue weighted by Crippen LogP contribution is -2.35. The molecule has 0 fully saturated rings. The Balaban J connectivity index is 2.62. The number of hydrogen-bond donors (Lipinski definition) is 0. The highest BCUT2D eigenvalue weighted by Gasteiger charge is 2.12. The maximum absolute atomic E-state index is 12.0. The molecule has 0 aliphatic rings. The van der Waals surface area contributed by atoms with E-state index in [0.717, 1.165) is 5.56 Å². The zero-order chi connectivity index (χ0) is 12.7. The second-order valence-electron chi connectivity index (χ2n) is 3.57. The molecule has 0 saturated heterocycles. The molecule has 17 heavy (non-hydrogen) atoms. The van der Waals surface area contributed by atoms with Gasteiger partial charge in [-0.05, 0) is 17.7 Å². The van der Waals surface area contributed by atoms with E-state index < -0.39 is 0 Å². The Bertz CT molecular complexity index is 365. The van der Waals surface area contributed by atoms with E-state index in [4.69, 9.17) is 34.8 Å². The van der Waals surface area contributed by atoms with Crippen molar-refractivity contribution >= 4 is 40.7 Å². The number of carbonyl (C=O) groups excluding carboxylic acids is 1. The summed E-state index contributed by atoms with van der Waals surface area (Å²) in [5.74, 6) is 0.852. The molecule has 0 aromatic heterocycles. The van der Waals surface area contributed by atoms with Crippen molar-refractivity contribution in [1.82, 2.24) is 4.90 Å². The average molecular weight is 295 g/mol. The van der Waals surface area contributed by atoms with E-state index >= 15 is 0 Å². The first-order valence-electron chi connectivity index (χ1n) is 5.31. The Hall–Kier alpha value is -0.440. The van der Waals surface area contributed by atoms with E-state index in [1.165, 1.54) is 0 Å². The lowest BCUT2D eigenvalue weighted by molar-refractivity contribution is -0.130. The Morgan fingerprint density at radius 2 is 1.82 bits per heavy atom. The summed E-state index contributed by atoms with van der Waals surface area (Å²) in [4.78, 5) is 13.6. The average Bonchev–Trinajstić information content (AvgIpc) is 2.28. The summed E-state index contributed by atoms with van der Waals surface area (Å²) in [6.07, 6.45) is 0.328. The van der Waals surface area contributed by atoms with Crippen LogP contribution in [0.15, 0.2) is 24.3 Å². The molecule has 1 aromatic carbocycles. The van der Waals surface area contributed by atoms with E-state index in [1.54, 1.807) is 17.0 Å². The summed E-state index contributed by atoms with van der Waals surface area (Å²) < 4.78 is 0. The first-order chi connectivity index (χ1) is 8.17. The molecule has 0 saturated carbocycles. The van der Waals surface area contributed by atoms with Crippen LogP contribution in [0.1, 0.15) is 5.56 Å². The standard InChI is InChI=1S/C12H14Cl3NO/c13-4-6-16(7-5-14)12(17)9-10-2-1-3-11(15)8-10/h1-3,8H,4-7,9H2. The SMILES string of the molecule is O=C(Cc1cccc(Cl)c1)N(CCCl)CCCl. The van der Waals surface area contributed by atoms with Gasteiger partial charge >= 0.3 is 0 Å². The molecule has 0 bridgehead atoms. The van der Waals surface area contributed by atoms with Gasteiger partial charge in [-0.2, -0.15) is 0 Å². The van der Waals surface area contributed by atoms with Crippen molar-refractivity contribution in [2.24, 2.45) is 0 Å². The molecule has 94 valence electrons. The number of rotatable bonds is 6. The molecule has 0 atom stereocenters. The van der Waals surface area contributed by atoms with Gasteiger partial charge in [-0.1, -0.05) is 23.7 Å². The largest absolute Gasteiger partial charge is 0.340 e. The zero-order valence-corrected chi connectivity index (χ0v) is 11.6. The van der Waals surface area contributed by atoms with Crippen LogP contribution in [0.3, 0.4) is 0 Å². The van der Waals surface area contributed by atoms with Crippen LogP contribution in [0, 0.1) is 0 Å². The van der Waals surface area contributed by atoms with E-state index in [9.17, 15) is 4.79 Å². The van der Waals surface area contributed by atoms with Gasteiger partial charge in [0.1, 0.15) is 0 Å². The first-order valence-corrected chi connectivity index (χ1v) is 6.76. The maximum atomic E-state index is 12.0. The third-order valence-electron chi connectivity index (χ3n) is 2.31. The van der Waals surface area contributed by atoms with Crippen molar-refractivity contribution in [3.63, 3.8) is 0 Å². The van der Waals surface area contributed by atoms with E-state index in [0.29, 0.717) is 36.3 Å². The minimum absolute atomic E-state index is 0.0218. The number of amides is 1. The fraction of sp³-hybridized carbons (Fsp3) is 0.417. The number of halogens is 3. The van der Waals surface area contributed by atoms with Crippen molar-refractivity contribution in [3.05, 3.63) is 34.9 Å². The topological polar surface area (TPSA) is 20.3 Å². The Morgan fingerprint density at radius 1 is 1.18 bits per heavy atom. The van der Waals surface area contributed by atoms with E-state index in [-0.39, 0.29) is 5.91 Å². The van der Waals surface area contributed by atoms with Crippen molar-refractivity contribution in [2.75, 3.05) is 24.8 Å². The third kappa shape index (κ3) is 5.15. The summed E-state index contributed by atoms with van der Waals surface area (Å²) in [5.41, 5.74) is 0.900. The molecule has 0 spiro atoms. The summed E-state index contributed by atoms with van der Waals surface area (Å²) in [6.45, 7) is 1.04. The Morgan fingerprint density at radius 3 is 2.35 bits per heavy atom. The minimum Gasteiger partial charge on any atom is -0.340 e. The van der Waals surface area contributed by atoms with Gasteiger partial charge in [-0.25, -0.2) is 0 Å². The summed E-state index contributed by atoms with van der Waals surface area (Å²) in [6, 6.07) is 7.28. The van der Waals surface area contributed by atoms with Crippen LogP contribution < -0.4 is 0 Å². The molecule has 1 amide bonds. The van der Waals surface area contributed by atoms with Crippen molar-refractivity contribution in [3.8, 4) is 0 Å². The Kier molecular flexibility index (Phi) is 6.71. The molecule has 1 rings (SSSR count). The van der Waals surface area contributed by atoms with Gasteiger partial charge in [-0.15, -0.1) is 23.2 Å². The molecule has 0 heterocycles. The number of alkyl halides is 2. The van der Waals surface area contributed by atoms with E-state index in [1.807, 2.05) is 12.1 Å². The molecule has 0 aliphatic carbocycles. The van der Waals surface area contributed by atoms with Gasteiger partial charge in [0.25, 0.3) is 0 Å². The fourth-order valence-electron chi connectivity index (χ4n) is 1.50. The van der Waals surface area contributed by atoms with Gasteiger partial charge in [0.05, 0.1) is 6.42 Å². The first kappa shape index (κ1) is 14.6. The zero-order valence-electron chi connectivity index (χ0n) is 9.33. The lowest BCUT2D eigenvalue weighted by Gasteiger charge is -2.20. The molecule has 0 radical (unpaired) electrons. The van der Waals surface area contributed by atoms with Crippen molar-refractivity contribution < 1.29 is 4.79 Å². The third-order valence-corrected chi connectivity index (χ3v) is 2.88. The fourth-order valence-corrected chi connectivity index (χ4v) is 2.12. The van der Waals surface area contributed by atoms with Crippen LogP contribution in [0.25, 0.3) is 0 Å². The minimum atomic E-state index is 0.0218. The molecule has 2 nitrogen and oxygen atoms in total. The van der Waals surface area contributed by atoms with Crippen LogP contribution in [0.2, 0.25) is 5.02 Å². The Labute approximate surface area is 116 Å². The highest BCUT2D eigenvalue weighted by atomic mass is 35.5. The molecular formula is C12H14Cl3NO. The van der Waals surface area contributed by atoms with Crippen LogP contribution in [0.5, 0.6) is 0 Å². The smallest absolute Gasteiger partial charge is 0.227 e. The second kappa shape index (κ2) is 7.80. The number of carbonyl (C=O) groups is 1. The summed E-state index contributed by atoms with van der Waals surface area (Å²) >= 11 is 17.2. The van der Waals surface area contributed by atoms with Gasteiger partial charge in [0.2, 0.25) is 5.91 Å². The molecule has 0 aliphatic heterocycles. The molecule has 0 N–H and O–H groups in total. The number of benzene rings is 1. The van der Waals surface area contributed by atoms with Gasteiger partial charge in [-0.3, -0.25) is 4.79 Å². The maximum Gasteiger partial charge on any atom is 0.227 e. The number of nitrogens with zero attached hydrogens (tertiary/aromatic N) is 1. The van der Waals surface area contributed by atoms with Crippen molar-refractivity contribution in [1.29, 1.82) is 0 Å². The van der Waals surface area contributed by atoms with Crippen LogP contribution in [-0.4, -0.2) is 35.7 Å². The van der Waals surface area contributed by atoms with E-state index in [2.05, 4.69) is 0 Å². The summed E-state index contributed by atoms with van der Waals surface area (Å²) in [5, 5.41) is 0.636. The highest BCUT2D eigenvalue weighted by molar-refractivity contribution is 6.30.